The lowest BCUT2D eigenvalue weighted by Gasteiger charge is -2.41. The number of carbonyl (C=O) groups excluding carboxylic acids is 1. The molecule has 0 amide bonds. The van der Waals surface area contributed by atoms with E-state index in [-0.39, 0.29) is 17.8 Å². The molecule has 1 saturated heterocycles. The molecule has 210 valence electrons. The van der Waals surface area contributed by atoms with E-state index in [1.165, 1.54) is 10.4 Å². The van der Waals surface area contributed by atoms with E-state index in [0.717, 1.165) is 43.6 Å². The highest BCUT2D eigenvalue weighted by atomic mass is 16.5. The summed E-state index contributed by atoms with van der Waals surface area (Å²) in [5, 5.41) is 24.1. The minimum Gasteiger partial charge on any atom is -0.466 e. The number of carbonyl (C=O) groups is 1. The quantitative estimate of drug-likeness (QED) is 0.246. The summed E-state index contributed by atoms with van der Waals surface area (Å²) in [5.74, 6) is 0.420. The second-order valence-corrected chi connectivity index (χ2v) is 10.6. The van der Waals surface area contributed by atoms with Crippen molar-refractivity contribution in [1.29, 1.82) is 5.26 Å². The van der Waals surface area contributed by atoms with E-state index in [0.29, 0.717) is 25.4 Å². The van der Waals surface area contributed by atoms with E-state index >= 15 is 0 Å². The summed E-state index contributed by atoms with van der Waals surface area (Å²) in [4.78, 5) is 15.8. The van der Waals surface area contributed by atoms with Gasteiger partial charge in [-0.3, -0.25) is 4.79 Å². The van der Waals surface area contributed by atoms with Crippen LogP contribution in [0.15, 0.2) is 91.0 Å². The fourth-order valence-corrected chi connectivity index (χ4v) is 5.92. The fourth-order valence-electron chi connectivity index (χ4n) is 5.92. The predicted molar refractivity (Wildman–Crippen MR) is 156 cm³/mol. The van der Waals surface area contributed by atoms with Crippen molar-refractivity contribution < 1.29 is 9.53 Å². The van der Waals surface area contributed by atoms with Gasteiger partial charge in [-0.15, -0.1) is 10.2 Å². The normalized spacial score (nSPS) is 15.2. The average Bonchev–Trinajstić information content (AvgIpc) is 3.52. The van der Waals surface area contributed by atoms with Gasteiger partial charge in [0.15, 0.2) is 5.82 Å². The molecule has 3 aromatic carbocycles. The maximum atomic E-state index is 11.8. The van der Waals surface area contributed by atoms with Gasteiger partial charge in [0.05, 0.1) is 31.1 Å². The molecule has 1 aliphatic rings. The van der Waals surface area contributed by atoms with Crippen LogP contribution < -0.4 is 0 Å². The van der Waals surface area contributed by atoms with Crippen LogP contribution >= 0.6 is 0 Å². The highest BCUT2D eigenvalue weighted by molar-refractivity contribution is 5.69. The first-order valence-corrected chi connectivity index (χ1v) is 14.3. The Morgan fingerprint density at radius 1 is 0.927 bits per heavy atom. The second kappa shape index (κ2) is 12.9. The van der Waals surface area contributed by atoms with E-state index in [4.69, 9.17) is 9.84 Å². The van der Waals surface area contributed by atoms with Crippen molar-refractivity contribution in [2.75, 3.05) is 26.2 Å². The van der Waals surface area contributed by atoms with E-state index in [2.05, 4.69) is 69.8 Å². The molecule has 5 rings (SSSR count). The smallest absolute Gasteiger partial charge is 0.307 e. The van der Waals surface area contributed by atoms with E-state index < -0.39 is 5.41 Å². The maximum absolute atomic E-state index is 11.8. The Hall–Kier alpha value is -4.35. The molecule has 1 aliphatic heterocycles. The first kappa shape index (κ1) is 28.2. The van der Waals surface area contributed by atoms with Crippen LogP contribution in [0.1, 0.15) is 55.1 Å². The zero-order valence-corrected chi connectivity index (χ0v) is 23.5. The highest BCUT2D eigenvalue weighted by Crippen LogP contribution is 2.41. The Kier molecular flexibility index (Phi) is 8.85. The topological polar surface area (TPSA) is 96.9 Å². The molecular formula is C33H36N6O2. The van der Waals surface area contributed by atoms with Gasteiger partial charge in [-0.1, -0.05) is 91.0 Å². The Labute approximate surface area is 241 Å². The van der Waals surface area contributed by atoms with Crippen molar-refractivity contribution in [3.05, 3.63) is 114 Å². The monoisotopic (exact) mass is 548 g/mol. The van der Waals surface area contributed by atoms with Crippen LogP contribution in [-0.4, -0.2) is 57.3 Å². The summed E-state index contributed by atoms with van der Waals surface area (Å²) in [6.45, 7) is 4.96. The van der Waals surface area contributed by atoms with Crippen LogP contribution in [-0.2, 0) is 26.9 Å². The number of esters is 1. The number of likely N-dealkylation sites (tertiary alicyclic amines) is 1. The van der Waals surface area contributed by atoms with Crippen LogP contribution in [0.4, 0.5) is 0 Å². The van der Waals surface area contributed by atoms with Gasteiger partial charge in [0.1, 0.15) is 5.41 Å². The third-order valence-corrected chi connectivity index (χ3v) is 8.27. The Bertz CT molecular complexity index is 1400. The molecule has 41 heavy (non-hydrogen) atoms. The SMILES string of the molecule is CCOC(=O)CCn1nnc(C2(c3ccccc3)CCN(CCC(C#N)(c3ccccc3)c3ccccc3)CC2)n1. The van der Waals surface area contributed by atoms with Crippen molar-refractivity contribution >= 4 is 5.97 Å². The summed E-state index contributed by atoms with van der Waals surface area (Å²) >= 11 is 0. The third kappa shape index (κ3) is 6.06. The van der Waals surface area contributed by atoms with E-state index in [1.54, 1.807) is 6.92 Å². The molecule has 0 spiro atoms. The molecule has 0 bridgehead atoms. The number of aryl methyl sites for hydroxylation is 1. The lowest BCUT2D eigenvalue weighted by atomic mass is 9.71. The van der Waals surface area contributed by atoms with Gasteiger partial charge in [0.2, 0.25) is 0 Å². The zero-order chi connectivity index (χ0) is 28.5. The highest BCUT2D eigenvalue weighted by Gasteiger charge is 2.42. The van der Waals surface area contributed by atoms with E-state index in [9.17, 15) is 10.1 Å². The number of piperidine rings is 1. The molecular weight excluding hydrogens is 512 g/mol. The lowest BCUT2D eigenvalue weighted by molar-refractivity contribution is -0.143. The molecule has 1 aromatic heterocycles. The van der Waals surface area contributed by atoms with Gasteiger partial charge in [-0.2, -0.15) is 10.1 Å². The summed E-state index contributed by atoms with van der Waals surface area (Å²) in [6, 6.07) is 33.3. The Morgan fingerprint density at radius 2 is 1.51 bits per heavy atom. The molecule has 0 saturated carbocycles. The summed E-state index contributed by atoms with van der Waals surface area (Å²) < 4.78 is 5.05. The molecule has 0 unspecified atom stereocenters. The van der Waals surface area contributed by atoms with Crippen molar-refractivity contribution in [3.8, 4) is 6.07 Å². The standard InChI is InChI=1S/C33H36N6O2/c1-2-41-30(40)18-22-39-36-31(35-37-39)32(27-12-6-3-7-13-27)19-23-38(24-20-32)25-21-33(26-34,28-14-8-4-9-15-28)29-16-10-5-11-17-29/h3-17H,2,18-25H2,1H3. The van der Waals surface area contributed by atoms with Gasteiger partial charge >= 0.3 is 5.97 Å². The van der Waals surface area contributed by atoms with Gasteiger partial charge < -0.3 is 9.64 Å². The molecule has 8 heteroatoms. The number of ether oxygens (including phenoxy) is 1. The van der Waals surface area contributed by atoms with Crippen LogP contribution in [0.3, 0.4) is 0 Å². The van der Waals surface area contributed by atoms with Crippen molar-refractivity contribution in [2.24, 2.45) is 0 Å². The minimum atomic E-state index is -0.723. The minimum absolute atomic E-state index is 0.208. The number of benzene rings is 3. The molecule has 0 N–H and O–H groups in total. The number of aromatic nitrogens is 4. The maximum Gasteiger partial charge on any atom is 0.307 e. The molecule has 1 fully saturated rings. The molecule has 4 aromatic rings. The van der Waals surface area contributed by atoms with Crippen molar-refractivity contribution in [2.45, 2.75) is 50.0 Å². The van der Waals surface area contributed by atoms with E-state index in [1.807, 2.05) is 42.5 Å². The first-order chi connectivity index (χ1) is 20.1. The van der Waals surface area contributed by atoms with Gasteiger partial charge in [0.25, 0.3) is 0 Å². The molecule has 8 nitrogen and oxygen atoms in total. The van der Waals surface area contributed by atoms with Crippen molar-refractivity contribution in [1.82, 2.24) is 25.1 Å². The summed E-state index contributed by atoms with van der Waals surface area (Å²) in [6.07, 6.45) is 2.56. The predicted octanol–water partition coefficient (Wildman–Crippen LogP) is 4.91. The van der Waals surface area contributed by atoms with Gasteiger partial charge in [-0.25, -0.2) is 0 Å². The molecule has 0 radical (unpaired) electrons. The number of hydrogen-bond acceptors (Lipinski definition) is 7. The first-order valence-electron chi connectivity index (χ1n) is 14.3. The largest absolute Gasteiger partial charge is 0.466 e. The second-order valence-electron chi connectivity index (χ2n) is 10.6. The molecule has 0 atom stereocenters. The summed E-state index contributed by atoms with van der Waals surface area (Å²) in [7, 11) is 0. The summed E-state index contributed by atoms with van der Waals surface area (Å²) in [5.41, 5.74) is 2.12. The Balaban J connectivity index is 1.34. The average molecular weight is 549 g/mol. The lowest BCUT2D eigenvalue weighted by Crippen LogP contribution is -2.45. The zero-order valence-electron chi connectivity index (χ0n) is 23.5. The van der Waals surface area contributed by atoms with Crippen molar-refractivity contribution in [3.63, 3.8) is 0 Å². The van der Waals surface area contributed by atoms with Crippen LogP contribution in [0.25, 0.3) is 0 Å². The van der Waals surface area contributed by atoms with Crippen LogP contribution in [0.5, 0.6) is 0 Å². The van der Waals surface area contributed by atoms with Crippen LogP contribution in [0, 0.1) is 11.3 Å². The number of tetrazole rings is 1. The molecule has 0 aliphatic carbocycles. The molecule has 2 heterocycles. The fraction of sp³-hybridized carbons (Fsp3) is 0.364. The number of hydrogen-bond donors (Lipinski definition) is 0. The number of nitrogens with zero attached hydrogens (tertiary/aromatic N) is 6. The van der Waals surface area contributed by atoms with Gasteiger partial charge in [-0.05, 0) is 61.2 Å². The number of nitriles is 1. The number of rotatable bonds is 11. The van der Waals surface area contributed by atoms with Crippen LogP contribution in [0.2, 0.25) is 0 Å². The van der Waals surface area contributed by atoms with Gasteiger partial charge in [0, 0.05) is 6.54 Å². The Morgan fingerprint density at radius 3 is 2.07 bits per heavy atom. The third-order valence-electron chi connectivity index (χ3n) is 8.27.